The summed E-state index contributed by atoms with van der Waals surface area (Å²) in [6.07, 6.45) is 1.85. The number of rotatable bonds is 2. The summed E-state index contributed by atoms with van der Waals surface area (Å²) in [6.45, 7) is 14.6. The summed E-state index contributed by atoms with van der Waals surface area (Å²) in [6, 6.07) is 0. The Morgan fingerprint density at radius 1 is 1.47 bits per heavy atom. The molecule has 0 atom stereocenters. The Hall–Kier alpha value is -0.990. The van der Waals surface area contributed by atoms with E-state index in [0.717, 1.165) is 19.0 Å². The molecule has 0 bridgehead atoms. The average Bonchev–Trinajstić information content (AvgIpc) is 2.17. The second kappa shape index (κ2) is 3.87. The SMILES string of the molecule is C=CCNC(=NC)N1CC(C)(C)C1(C)C. The van der Waals surface area contributed by atoms with Crippen LogP contribution in [0.4, 0.5) is 0 Å². The lowest BCUT2D eigenvalue weighted by atomic mass is 9.65. The van der Waals surface area contributed by atoms with Crippen molar-refractivity contribution in [2.75, 3.05) is 20.1 Å². The van der Waals surface area contributed by atoms with Gasteiger partial charge in [0.1, 0.15) is 0 Å². The maximum atomic E-state index is 4.29. The summed E-state index contributed by atoms with van der Waals surface area (Å²) in [4.78, 5) is 6.61. The van der Waals surface area contributed by atoms with E-state index in [9.17, 15) is 0 Å². The number of nitrogens with one attached hydrogen (secondary N) is 1. The Balaban J connectivity index is 2.70. The third-order valence-electron chi connectivity index (χ3n) is 3.76. The van der Waals surface area contributed by atoms with Gasteiger partial charge in [-0.1, -0.05) is 19.9 Å². The summed E-state index contributed by atoms with van der Waals surface area (Å²) in [7, 11) is 1.83. The Labute approximate surface area is 93.3 Å². The van der Waals surface area contributed by atoms with Crippen LogP contribution in [0.3, 0.4) is 0 Å². The van der Waals surface area contributed by atoms with Gasteiger partial charge in [-0.3, -0.25) is 4.99 Å². The molecule has 1 aliphatic rings. The van der Waals surface area contributed by atoms with Crippen molar-refractivity contribution in [2.24, 2.45) is 10.4 Å². The minimum atomic E-state index is 0.163. The van der Waals surface area contributed by atoms with Gasteiger partial charge in [-0.15, -0.1) is 6.58 Å². The van der Waals surface area contributed by atoms with Gasteiger partial charge in [0.25, 0.3) is 0 Å². The fourth-order valence-corrected chi connectivity index (χ4v) is 1.86. The molecule has 1 rings (SSSR count). The minimum Gasteiger partial charge on any atom is -0.353 e. The summed E-state index contributed by atoms with van der Waals surface area (Å²) in [5.41, 5.74) is 0.509. The Morgan fingerprint density at radius 3 is 2.40 bits per heavy atom. The van der Waals surface area contributed by atoms with Gasteiger partial charge in [0, 0.05) is 31.1 Å². The van der Waals surface area contributed by atoms with Gasteiger partial charge in [-0.05, 0) is 13.8 Å². The predicted molar refractivity (Wildman–Crippen MR) is 66.1 cm³/mol. The zero-order chi connectivity index (χ0) is 11.7. The molecule has 86 valence electrons. The standard InChI is InChI=1S/C12H23N3/c1-7-8-14-10(13-6)15-9-11(2,3)12(15,4)5/h7H,1,8-9H2,2-6H3,(H,13,14). The fourth-order valence-electron chi connectivity index (χ4n) is 1.86. The van der Waals surface area contributed by atoms with Crippen molar-refractivity contribution < 1.29 is 0 Å². The average molecular weight is 209 g/mol. The topological polar surface area (TPSA) is 27.6 Å². The molecule has 0 saturated carbocycles. The normalized spacial score (nSPS) is 23.3. The molecule has 0 spiro atoms. The molecule has 15 heavy (non-hydrogen) atoms. The van der Waals surface area contributed by atoms with E-state index in [-0.39, 0.29) is 5.54 Å². The lowest BCUT2D eigenvalue weighted by Crippen LogP contribution is -2.72. The van der Waals surface area contributed by atoms with Gasteiger partial charge in [-0.25, -0.2) is 0 Å². The van der Waals surface area contributed by atoms with Gasteiger partial charge in [0.15, 0.2) is 5.96 Å². The number of guanidine groups is 1. The molecule has 0 radical (unpaired) electrons. The highest BCUT2D eigenvalue weighted by Gasteiger charge is 2.53. The first-order chi connectivity index (χ1) is 6.86. The highest BCUT2D eigenvalue weighted by Crippen LogP contribution is 2.46. The van der Waals surface area contributed by atoms with Crippen LogP contribution in [-0.4, -0.2) is 36.5 Å². The Kier molecular flexibility index (Phi) is 3.12. The Morgan fingerprint density at radius 2 is 2.07 bits per heavy atom. The van der Waals surface area contributed by atoms with Crippen LogP contribution < -0.4 is 5.32 Å². The van der Waals surface area contributed by atoms with Crippen molar-refractivity contribution in [1.29, 1.82) is 0 Å². The van der Waals surface area contributed by atoms with E-state index in [4.69, 9.17) is 0 Å². The van der Waals surface area contributed by atoms with Crippen LogP contribution in [0, 0.1) is 5.41 Å². The number of aliphatic imine (C=N–C) groups is 1. The van der Waals surface area contributed by atoms with Crippen LogP contribution in [0.25, 0.3) is 0 Å². The molecule has 0 aromatic carbocycles. The van der Waals surface area contributed by atoms with Crippen LogP contribution in [-0.2, 0) is 0 Å². The largest absolute Gasteiger partial charge is 0.353 e. The lowest BCUT2D eigenvalue weighted by molar-refractivity contribution is -0.0665. The number of likely N-dealkylation sites (tertiary alicyclic amines) is 1. The molecule has 3 heteroatoms. The molecule has 0 aromatic heterocycles. The van der Waals surface area contributed by atoms with Gasteiger partial charge < -0.3 is 10.2 Å². The van der Waals surface area contributed by atoms with Crippen LogP contribution in [0.2, 0.25) is 0 Å². The van der Waals surface area contributed by atoms with Gasteiger partial charge >= 0.3 is 0 Å². The van der Waals surface area contributed by atoms with Crippen molar-refractivity contribution in [3.8, 4) is 0 Å². The first-order valence-corrected chi connectivity index (χ1v) is 5.46. The van der Waals surface area contributed by atoms with Crippen LogP contribution >= 0.6 is 0 Å². The highest BCUT2D eigenvalue weighted by atomic mass is 15.4. The van der Waals surface area contributed by atoms with Gasteiger partial charge in [-0.2, -0.15) is 0 Å². The van der Waals surface area contributed by atoms with Crippen LogP contribution in [0.5, 0.6) is 0 Å². The smallest absolute Gasteiger partial charge is 0.194 e. The highest BCUT2D eigenvalue weighted by molar-refractivity contribution is 5.82. The molecule has 0 unspecified atom stereocenters. The molecule has 0 aromatic rings. The van der Waals surface area contributed by atoms with E-state index in [1.54, 1.807) is 0 Å². The zero-order valence-electron chi connectivity index (χ0n) is 10.6. The summed E-state index contributed by atoms with van der Waals surface area (Å²) in [5.74, 6) is 0.972. The summed E-state index contributed by atoms with van der Waals surface area (Å²) < 4.78 is 0. The van der Waals surface area contributed by atoms with Crippen LogP contribution in [0.1, 0.15) is 27.7 Å². The second-order valence-corrected chi connectivity index (χ2v) is 5.25. The molecule has 1 fully saturated rings. The predicted octanol–water partition coefficient (Wildman–Crippen LogP) is 1.87. The first-order valence-electron chi connectivity index (χ1n) is 5.46. The van der Waals surface area contributed by atoms with Crippen molar-refractivity contribution in [3.05, 3.63) is 12.7 Å². The minimum absolute atomic E-state index is 0.163. The maximum absolute atomic E-state index is 4.29. The molecule has 0 amide bonds. The number of hydrogen-bond donors (Lipinski definition) is 1. The van der Waals surface area contributed by atoms with Gasteiger partial charge in [0.05, 0.1) is 0 Å². The molecule has 1 aliphatic heterocycles. The first kappa shape index (κ1) is 12.1. The lowest BCUT2D eigenvalue weighted by Gasteiger charge is -2.62. The molecule has 1 heterocycles. The third kappa shape index (κ3) is 1.87. The maximum Gasteiger partial charge on any atom is 0.194 e. The fraction of sp³-hybridized carbons (Fsp3) is 0.750. The quantitative estimate of drug-likeness (QED) is 0.427. The van der Waals surface area contributed by atoms with Crippen molar-refractivity contribution in [3.63, 3.8) is 0 Å². The number of hydrogen-bond acceptors (Lipinski definition) is 1. The van der Waals surface area contributed by atoms with E-state index in [2.05, 4.69) is 49.5 Å². The Bertz CT molecular complexity index is 277. The zero-order valence-corrected chi connectivity index (χ0v) is 10.6. The molecular formula is C12H23N3. The van der Waals surface area contributed by atoms with E-state index in [1.807, 2.05) is 13.1 Å². The molecule has 3 nitrogen and oxygen atoms in total. The second-order valence-electron chi connectivity index (χ2n) is 5.25. The third-order valence-corrected chi connectivity index (χ3v) is 3.76. The monoisotopic (exact) mass is 209 g/mol. The van der Waals surface area contributed by atoms with E-state index in [1.165, 1.54) is 0 Å². The number of nitrogens with zero attached hydrogens (tertiary/aromatic N) is 2. The van der Waals surface area contributed by atoms with E-state index >= 15 is 0 Å². The summed E-state index contributed by atoms with van der Waals surface area (Å²) in [5, 5.41) is 3.27. The van der Waals surface area contributed by atoms with Gasteiger partial charge in [0.2, 0.25) is 0 Å². The van der Waals surface area contributed by atoms with Crippen molar-refractivity contribution >= 4 is 5.96 Å². The molecule has 0 aliphatic carbocycles. The summed E-state index contributed by atoms with van der Waals surface area (Å²) >= 11 is 0. The van der Waals surface area contributed by atoms with E-state index in [0.29, 0.717) is 5.41 Å². The molecular weight excluding hydrogens is 186 g/mol. The van der Waals surface area contributed by atoms with Crippen LogP contribution in [0.15, 0.2) is 17.6 Å². The van der Waals surface area contributed by atoms with E-state index < -0.39 is 0 Å². The molecule has 1 saturated heterocycles. The van der Waals surface area contributed by atoms with Crippen molar-refractivity contribution in [2.45, 2.75) is 33.2 Å². The van der Waals surface area contributed by atoms with Crippen molar-refractivity contribution in [1.82, 2.24) is 10.2 Å². The molecule has 1 N–H and O–H groups in total.